The van der Waals surface area contributed by atoms with Gasteiger partial charge in [-0.05, 0) is 25.1 Å². The van der Waals surface area contributed by atoms with Gasteiger partial charge in [-0.15, -0.1) is 0 Å². The molecule has 1 saturated heterocycles. The first-order valence-electron chi connectivity index (χ1n) is 9.22. The summed E-state index contributed by atoms with van der Waals surface area (Å²) >= 11 is 0. The van der Waals surface area contributed by atoms with Crippen LogP contribution < -0.4 is 10.3 Å². The zero-order valence-electron chi connectivity index (χ0n) is 15.8. The molecule has 0 spiro atoms. The Hall–Kier alpha value is -3.62. The van der Waals surface area contributed by atoms with Gasteiger partial charge in [0.25, 0.3) is 5.91 Å². The Balaban J connectivity index is 1.57. The Kier molecular flexibility index (Phi) is 5.03. The van der Waals surface area contributed by atoms with Crippen molar-refractivity contribution in [1.82, 2.24) is 24.6 Å². The largest absolute Gasteiger partial charge is 0.337 e. The van der Waals surface area contributed by atoms with Gasteiger partial charge in [0.15, 0.2) is 5.69 Å². The second kappa shape index (κ2) is 7.78. The third kappa shape index (κ3) is 3.71. The molecule has 3 heterocycles. The van der Waals surface area contributed by atoms with E-state index in [1.165, 1.54) is 16.8 Å². The summed E-state index contributed by atoms with van der Waals surface area (Å²) in [6.45, 7) is 3.55. The molecule has 2 aromatic heterocycles. The first-order valence-corrected chi connectivity index (χ1v) is 9.22. The lowest BCUT2D eigenvalue weighted by Crippen LogP contribution is -2.50. The van der Waals surface area contributed by atoms with E-state index >= 15 is 0 Å². The van der Waals surface area contributed by atoms with Crippen molar-refractivity contribution in [3.8, 4) is 5.69 Å². The molecule has 3 aromatic rings. The van der Waals surface area contributed by atoms with E-state index < -0.39 is 17.2 Å². The van der Waals surface area contributed by atoms with Gasteiger partial charge in [0.1, 0.15) is 11.5 Å². The number of benzene rings is 1. The molecule has 0 saturated carbocycles. The smallest absolute Gasteiger partial charge is 0.278 e. The molecule has 148 valence electrons. The highest BCUT2D eigenvalue weighted by Crippen LogP contribution is 2.15. The molecule has 1 amide bonds. The molecule has 1 aliphatic rings. The van der Waals surface area contributed by atoms with Gasteiger partial charge in [0.05, 0.1) is 0 Å². The minimum Gasteiger partial charge on any atom is -0.337 e. The van der Waals surface area contributed by atoms with Crippen LogP contribution >= 0.6 is 0 Å². The standard InChI is InChI=1S/C20H19FN6O2/c1-14-13-17(28)18(24-27(14)16-6-3-2-5-15(16)21)19(29)25-9-11-26(12-10-25)20-22-7-4-8-23-20/h2-8,13H,9-12H2,1H3. The van der Waals surface area contributed by atoms with Crippen LogP contribution in [0.5, 0.6) is 0 Å². The van der Waals surface area contributed by atoms with Crippen LogP contribution in [0.25, 0.3) is 5.69 Å². The minimum absolute atomic E-state index is 0.185. The average molecular weight is 394 g/mol. The molecule has 0 bridgehead atoms. The first-order chi connectivity index (χ1) is 14.0. The summed E-state index contributed by atoms with van der Waals surface area (Å²) in [4.78, 5) is 37.4. The number of nitrogens with zero attached hydrogens (tertiary/aromatic N) is 6. The van der Waals surface area contributed by atoms with E-state index in [0.717, 1.165) is 0 Å². The van der Waals surface area contributed by atoms with Crippen LogP contribution in [-0.2, 0) is 0 Å². The fourth-order valence-electron chi connectivity index (χ4n) is 3.28. The van der Waals surface area contributed by atoms with Crippen molar-refractivity contribution in [2.24, 2.45) is 0 Å². The summed E-state index contributed by atoms with van der Waals surface area (Å²) in [5.41, 5.74) is -0.0648. The maximum atomic E-state index is 14.2. The monoisotopic (exact) mass is 394 g/mol. The summed E-state index contributed by atoms with van der Waals surface area (Å²) in [6.07, 6.45) is 3.34. The lowest BCUT2D eigenvalue weighted by molar-refractivity contribution is 0.0736. The molecule has 0 atom stereocenters. The summed E-state index contributed by atoms with van der Waals surface area (Å²) < 4.78 is 15.5. The van der Waals surface area contributed by atoms with Crippen LogP contribution in [0.15, 0.2) is 53.6 Å². The molecule has 1 fully saturated rings. The second-order valence-electron chi connectivity index (χ2n) is 6.69. The van der Waals surface area contributed by atoms with Crippen LogP contribution in [0.4, 0.5) is 10.3 Å². The van der Waals surface area contributed by atoms with Gasteiger partial charge in [0, 0.05) is 50.3 Å². The number of hydrogen-bond donors (Lipinski definition) is 0. The zero-order valence-corrected chi connectivity index (χ0v) is 15.8. The number of carbonyl (C=O) groups excluding carboxylic acids is 1. The first kappa shape index (κ1) is 18.7. The van der Waals surface area contributed by atoms with Gasteiger partial charge in [-0.3, -0.25) is 9.59 Å². The van der Waals surface area contributed by atoms with Crippen molar-refractivity contribution >= 4 is 11.9 Å². The van der Waals surface area contributed by atoms with E-state index in [0.29, 0.717) is 37.8 Å². The summed E-state index contributed by atoms with van der Waals surface area (Å²) in [6, 6.07) is 9.14. The molecule has 0 N–H and O–H groups in total. The number of aryl methyl sites for hydroxylation is 1. The molecule has 0 aliphatic carbocycles. The highest BCUT2D eigenvalue weighted by atomic mass is 19.1. The van der Waals surface area contributed by atoms with Gasteiger partial charge in [-0.25, -0.2) is 19.0 Å². The minimum atomic E-state index is -0.485. The van der Waals surface area contributed by atoms with Gasteiger partial charge in [-0.1, -0.05) is 12.1 Å². The molecule has 4 rings (SSSR count). The average Bonchev–Trinajstić information content (AvgIpc) is 2.75. The molecular weight excluding hydrogens is 375 g/mol. The van der Waals surface area contributed by atoms with Crippen LogP contribution in [0.2, 0.25) is 0 Å². The number of carbonyl (C=O) groups is 1. The van der Waals surface area contributed by atoms with Gasteiger partial charge < -0.3 is 9.80 Å². The van der Waals surface area contributed by atoms with Crippen molar-refractivity contribution < 1.29 is 9.18 Å². The Morgan fingerprint density at radius 1 is 1.03 bits per heavy atom. The van der Waals surface area contributed by atoms with Crippen molar-refractivity contribution in [3.63, 3.8) is 0 Å². The molecule has 1 aromatic carbocycles. The zero-order chi connectivity index (χ0) is 20.4. The van der Waals surface area contributed by atoms with E-state index in [1.54, 1.807) is 48.5 Å². The lowest BCUT2D eigenvalue weighted by atomic mass is 10.2. The Morgan fingerprint density at radius 3 is 2.41 bits per heavy atom. The van der Waals surface area contributed by atoms with E-state index in [9.17, 15) is 14.0 Å². The number of halogens is 1. The van der Waals surface area contributed by atoms with Crippen LogP contribution in [0, 0.1) is 12.7 Å². The fraction of sp³-hybridized carbons (Fsp3) is 0.250. The second-order valence-corrected chi connectivity index (χ2v) is 6.69. The summed E-state index contributed by atoms with van der Waals surface area (Å²) in [7, 11) is 0. The Bertz CT molecular complexity index is 1090. The predicted octanol–water partition coefficient (Wildman–Crippen LogP) is 1.43. The number of aromatic nitrogens is 4. The molecule has 8 nitrogen and oxygen atoms in total. The molecule has 9 heteroatoms. The van der Waals surface area contributed by atoms with E-state index in [4.69, 9.17) is 0 Å². The maximum absolute atomic E-state index is 14.2. The number of para-hydroxylation sites is 1. The fourth-order valence-corrected chi connectivity index (χ4v) is 3.28. The quantitative estimate of drug-likeness (QED) is 0.668. The van der Waals surface area contributed by atoms with Crippen molar-refractivity contribution in [3.05, 3.63) is 76.2 Å². The highest BCUT2D eigenvalue weighted by molar-refractivity contribution is 5.92. The van der Waals surface area contributed by atoms with E-state index in [2.05, 4.69) is 15.1 Å². The SMILES string of the molecule is Cc1cc(=O)c(C(=O)N2CCN(c3ncccn3)CC2)nn1-c1ccccc1F. The number of piperazine rings is 1. The lowest BCUT2D eigenvalue weighted by Gasteiger charge is -2.34. The Labute approximate surface area is 166 Å². The third-order valence-electron chi connectivity index (χ3n) is 4.79. The highest BCUT2D eigenvalue weighted by Gasteiger charge is 2.26. The summed E-state index contributed by atoms with van der Waals surface area (Å²) in [5.74, 6) is -0.342. The number of hydrogen-bond acceptors (Lipinski definition) is 6. The number of amides is 1. The maximum Gasteiger partial charge on any atom is 0.278 e. The van der Waals surface area contributed by atoms with Crippen LogP contribution in [0.1, 0.15) is 16.2 Å². The topological polar surface area (TPSA) is 84.2 Å². The molecule has 0 radical (unpaired) electrons. The van der Waals surface area contributed by atoms with Crippen LogP contribution in [-0.4, -0.2) is 56.7 Å². The van der Waals surface area contributed by atoms with E-state index in [-0.39, 0.29) is 11.4 Å². The van der Waals surface area contributed by atoms with Gasteiger partial charge in [-0.2, -0.15) is 5.10 Å². The normalized spacial score (nSPS) is 14.1. The molecule has 1 aliphatic heterocycles. The van der Waals surface area contributed by atoms with E-state index in [1.807, 2.05) is 4.90 Å². The number of anilines is 1. The summed E-state index contributed by atoms with van der Waals surface area (Å²) in [5, 5.41) is 4.19. The van der Waals surface area contributed by atoms with Gasteiger partial charge >= 0.3 is 0 Å². The van der Waals surface area contributed by atoms with Gasteiger partial charge in [0.2, 0.25) is 11.4 Å². The molecule has 0 unspecified atom stereocenters. The Morgan fingerprint density at radius 2 is 1.72 bits per heavy atom. The number of rotatable bonds is 3. The molecular formula is C20H19FN6O2. The molecule has 29 heavy (non-hydrogen) atoms. The van der Waals surface area contributed by atoms with Crippen molar-refractivity contribution in [2.45, 2.75) is 6.92 Å². The predicted molar refractivity (Wildman–Crippen MR) is 105 cm³/mol. The van der Waals surface area contributed by atoms with Crippen LogP contribution in [0.3, 0.4) is 0 Å². The third-order valence-corrected chi connectivity index (χ3v) is 4.79. The van der Waals surface area contributed by atoms with Crippen molar-refractivity contribution in [2.75, 3.05) is 31.1 Å². The van der Waals surface area contributed by atoms with Crippen molar-refractivity contribution in [1.29, 1.82) is 0 Å².